The van der Waals surface area contributed by atoms with Gasteiger partial charge in [0.2, 0.25) is 0 Å². The normalized spacial score (nSPS) is 12.2. The molecule has 0 saturated carbocycles. The maximum absolute atomic E-state index is 14.1. The second kappa shape index (κ2) is 12.0. The van der Waals surface area contributed by atoms with E-state index in [-0.39, 0.29) is 11.8 Å². The minimum absolute atomic E-state index is 0.0416. The molecule has 0 radical (unpaired) electrons. The van der Waals surface area contributed by atoms with Gasteiger partial charge in [-0.1, -0.05) is 42.5 Å². The number of anilines is 1. The Kier molecular flexibility index (Phi) is 7.79. The Balaban J connectivity index is 1.28. The Morgan fingerprint density at radius 2 is 1.65 bits per heavy atom. The molecule has 0 saturated heterocycles. The van der Waals surface area contributed by atoms with Crippen molar-refractivity contribution in [1.29, 1.82) is 0 Å². The van der Waals surface area contributed by atoms with Crippen molar-refractivity contribution < 1.29 is 14.3 Å². The van der Waals surface area contributed by atoms with Crippen molar-refractivity contribution >= 4 is 17.5 Å². The summed E-state index contributed by atoms with van der Waals surface area (Å²) in [6.45, 7) is 3.47. The topological polar surface area (TPSA) is 67.7 Å². The van der Waals surface area contributed by atoms with Crippen molar-refractivity contribution in [3.05, 3.63) is 137 Å². The van der Waals surface area contributed by atoms with Gasteiger partial charge in [-0.3, -0.25) is 14.6 Å². The number of carbonyl (C=O) groups is 2. The Labute approximate surface area is 252 Å². The van der Waals surface area contributed by atoms with Crippen molar-refractivity contribution in [3.63, 3.8) is 0 Å². The molecular weight excluding hydrogens is 536 g/mol. The first-order valence-electron chi connectivity index (χ1n) is 14.4. The monoisotopic (exact) mass is 570 g/mol. The number of aromatic nitrogens is 2. The van der Waals surface area contributed by atoms with Crippen LogP contribution in [0.3, 0.4) is 0 Å². The van der Waals surface area contributed by atoms with Crippen LogP contribution in [0.2, 0.25) is 0 Å². The smallest absolute Gasteiger partial charge is 0.270 e. The molecule has 0 N–H and O–H groups in total. The van der Waals surface area contributed by atoms with Crippen molar-refractivity contribution in [2.24, 2.45) is 0 Å². The highest BCUT2D eigenvalue weighted by atomic mass is 16.5. The zero-order chi connectivity index (χ0) is 29.9. The number of benzene rings is 3. The fourth-order valence-corrected chi connectivity index (χ4v) is 5.79. The third-order valence-electron chi connectivity index (χ3n) is 8.17. The summed E-state index contributed by atoms with van der Waals surface area (Å²) in [5.74, 6) is 0.666. The maximum atomic E-state index is 14.1. The second-order valence-corrected chi connectivity index (χ2v) is 10.9. The summed E-state index contributed by atoms with van der Waals surface area (Å²) in [5.41, 5.74) is 8.12. The summed E-state index contributed by atoms with van der Waals surface area (Å²) < 4.78 is 7.62. The van der Waals surface area contributed by atoms with Gasteiger partial charge >= 0.3 is 0 Å². The predicted molar refractivity (Wildman–Crippen MR) is 169 cm³/mol. The van der Waals surface area contributed by atoms with E-state index in [2.05, 4.69) is 4.98 Å². The van der Waals surface area contributed by atoms with E-state index in [9.17, 15) is 9.59 Å². The number of pyridine rings is 1. The number of methoxy groups -OCH3 is 1. The van der Waals surface area contributed by atoms with Crippen LogP contribution in [0.25, 0.3) is 11.1 Å². The number of nitrogens with zero attached hydrogens (tertiary/aromatic N) is 4. The molecule has 216 valence electrons. The molecule has 3 heterocycles. The van der Waals surface area contributed by atoms with E-state index in [0.717, 1.165) is 51.4 Å². The molecule has 7 nitrogen and oxygen atoms in total. The van der Waals surface area contributed by atoms with E-state index in [0.29, 0.717) is 30.9 Å². The van der Waals surface area contributed by atoms with Gasteiger partial charge in [-0.25, -0.2) is 0 Å². The van der Waals surface area contributed by atoms with Crippen LogP contribution in [0, 0.1) is 6.92 Å². The van der Waals surface area contributed by atoms with Gasteiger partial charge in [0.05, 0.1) is 20.2 Å². The van der Waals surface area contributed by atoms with Gasteiger partial charge in [-0.15, -0.1) is 0 Å². The quantitative estimate of drug-likeness (QED) is 0.227. The Bertz CT molecular complexity index is 1790. The van der Waals surface area contributed by atoms with Gasteiger partial charge in [0, 0.05) is 48.5 Å². The van der Waals surface area contributed by atoms with E-state index >= 15 is 0 Å². The average Bonchev–Trinajstić information content (AvgIpc) is 3.36. The van der Waals surface area contributed by atoms with Gasteiger partial charge in [0.1, 0.15) is 11.4 Å². The molecule has 43 heavy (non-hydrogen) atoms. The van der Waals surface area contributed by atoms with E-state index in [1.165, 1.54) is 0 Å². The molecule has 0 spiro atoms. The molecule has 7 heteroatoms. The number of likely N-dealkylation sites (N-methyl/N-ethyl adjacent to an activating group) is 1. The number of aryl methyl sites for hydroxylation is 1. The van der Waals surface area contributed by atoms with Gasteiger partial charge in [0.25, 0.3) is 11.8 Å². The zero-order valence-corrected chi connectivity index (χ0v) is 24.7. The highest BCUT2D eigenvalue weighted by Gasteiger charge is 2.28. The largest absolute Gasteiger partial charge is 0.496 e. The van der Waals surface area contributed by atoms with Crippen LogP contribution in [0.1, 0.15) is 43.2 Å². The molecule has 1 aliphatic rings. The van der Waals surface area contributed by atoms with Crippen LogP contribution in [-0.2, 0) is 19.5 Å². The SMILES string of the molecule is COc1ccccc1-c1ccc(C(=O)N2Cc3ccc(C(=O)N(C)CCc4ccncc4)n3Cc3ccccc32)cc1C. The molecule has 0 bridgehead atoms. The lowest BCUT2D eigenvalue weighted by Gasteiger charge is -2.23. The van der Waals surface area contributed by atoms with Crippen molar-refractivity contribution in [2.75, 3.05) is 25.6 Å². The molecule has 5 aromatic rings. The Morgan fingerprint density at radius 1 is 0.884 bits per heavy atom. The first-order chi connectivity index (χ1) is 20.9. The standard InChI is InChI=1S/C36H34N4O3/c1-25-22-27(12-14-30(25)31-9-5-7-11-34(31)43-3)35(41)40-24-29-13-15-33(39(29)23-28-8-4-6-10-32(28)40)36(42)38(2)21-18-26-16-19-37-20-17-26/h4-17,19-20,22H,18,21,23-24H2,1-3H3. The molecule has 0 aliphatic carbocycles. The third kappa shape index (κ3) is 5.54. The number of carbonyl (C=O) groups excluding carboxylic acids is 2. The Morgan fingerprint density at radius 3 is 2.44 bits per heavy atom. The molecule has 1 aliphatic heterocycles. The van der Waals surface area contributed by atoms with Crippen LogP contribution in [-0.4, -0.2) is 47.0 Å². The van der Waals surface area contributed by atoms with E-state index in [1.807, 2.05) is 114 Å². The number of ether oxygens (including phenoxy) is 1. The minimum atomic E-state index is -0.0841. The van der Waals surface area contributed by atoms with Crippen LogP contribution >= 0.6 is 0 Å². The molecule has 0 fully saturated rings. The molecular formula is C36H34N4O3. The van der Waals surface area contributed by atoms with Crippen LogP contribution in [0.15, 0.2) is 103 Å². The van der Waals surface area contributed by atoms with Crippen molar-refractivity contribution in [2.45, 2.75) is 26.4 Å². The number of amides is 2. The lowest BCUT2D eigenvalue weighted by Crippen LogP contribution is -2.31. The Hall–Kier alpha value is -5.17. The molecule has 2 aromatic heterocycles. The maximum Gasteiger partial charge on any atom is 0.270 e. The molecule has 2 amide bonds. The summed E-state index contributed by atoms with van der Waals surface area (Å²) in [6.07, 6.45) is 4.29. The fraction of sp³-hybridized carbons (Fsp3) is 0.194. The number of para-hydroxylation sites is 2. The number of hydrogen-bond donors (Lipinski definition) is 0. The van der Waals surface area contributed by atoms with Crippen LogP contribution in [0.4, 0.5) is 5.69 Å². The predicted octanol–water partition coefficient (Wildman–Crippen LogP) is 6.39. The summed E-state index contributed by atoms with van der Waals surface area (Å²) >= 11 is 0. The molecule has 0 atom stereocenters. The van der Waals surface area contributed by atoms with Gasteiger partial charge in [-0.2, -0.15) is 0 Å². The number of fused-ring (bicyclic) bond motifs is 2. The second-order valence-electron chi connectivity index (χ2n) is 10.9. The molecule has 0 unspecified atom stereocenters. The number of rotatable bonds is 7. The van der Waals surface area contributed by atoms with Crippen molar-refractivity contribution in [3.8, 4) is 16.9 Å². The lowest BCUT2D eigenvalue weighted by molar-refractivity contribution is 0.0786. The third-order valence-corrected chi connectivity index (χ3v) is 8.17. The van der Waals surface area contributed by atoms with Crippen LogP contribution in [0.5, 0.6) is 5.75 Å². The van der Waals surface area contributed by atoms with Crippen LogP contribution < -0.4 is 9.64 Å². The first-order valence-corrected chi connectivity index (χ1v) is 14.4. The van der Waals surface area contributed by atoms with E-state index < -0.39 is 0 Å². The van der Waals surface area contributed by atoms with Gasteiger partial charge in [-0.05, 0) is 84.1 Å². The summed E-state index contributed by atoms with van der Waals surface area (Å²) in [6, 6.07) is 29.4. The summed E-state index contributed by atoms with van der Waals surface area (Å²) in [7, 11) is 3.50. The van der Waals surface area contributed by atoms with Gasteiger partial charge in [0.15, 0.2) is 0 Å². The first kappa shape index (κ1) is 28.0. The minimum Gasteiger partial charge on any atom is -0.496 e. The molecule has 3 aromatic carbocycles. The average molecular weight is 571 g/mol. The highest BCUT2D eigenvalue weighted by molar-refractivity contribution is 6.07. The zero-order valence-electron chi connectivity index (χ0n) is 24.7. The van der Waals surface area contributed by atoms with E-state index in [1.54, 1.807) is 24.4 Å². The number of hydrogen-bond acceptors (Lipinski definition) is 4. The fourth-order valence-electron chi connectivity index (χ4n) is 5.79. The lowest BCUT2D eigenvalue weighted by atomic mass is 9.97. The summed E-state index contributed by atoms with van der Waals surface area (Å²) in [4.78, 5) is 35.4. The van der Waals surface area contributed by atoms with Crippen molar-refractivity contribution in [1.82, 2.24) is 14.5 Å². The van der Waals surface area contributed by atoms with Gasteiger partial charge < -0.3 is 19.1 Å². The molecule has 6 rings (SSSR count). The van der Waals surface area contributed by atoms with E-state index in [4.69, 9.17) is 4.74 Å². The summed E-state index contributed by atoms with van der Waals surface area (Å²) in [5, 5.41) is 0. The highest BCUT2D eigenvalue weighted by Crippen LogP contribution is 2.34.